The van der Waals surface area contributed by atoms with E-state index in [1.807, 2.05) is 35.7 Å². The van der Waals surface area contributed by atoms with E-state index in [4.69, 9.17) is 12.2 Å². The summed E-state index contributed by atoms with van der Waals surface area (Å²) in [6.07, 6.45) is 1.37. The quantitative estimate of drug-likeness (QED) is 0.644. The summed E-state index contributed by atoms with van der Waals surface area (Å²) in [5.74, 6) is 0.478. The molecule has 3 aromatic rings. The van der Waals surface area contributed by atoms with Crippen molar-refractivity contribution in [3.05, 3.63) is 46.5 Å². The van der Waals surface area contributed by atoms with Crippen molar-refractivity contribution in [3.8, 4) is 10.7 Å². The molecule has 1 saturated heterocycles. The third-order valence-corrected chi connectivity index (χ3v) is 5.52. The van der Waals surface area contributed by atoms with Gasteiger partial charge in [0.1, 0.15) is 6.54 Å². The highest BCUT2D eigenvalue weighted by Gasteiger charge is 2.24. The molecule has 0 bridgehead atoms. The smallest absolute Gasteiger partial charge is 0.244 e. The van der Waals surface area contributed by atoms with Crippen molar-refractivity contribution in [1.29, 1.82) is 0 Å². The Morgan fingerprint density at radius 2 is 2.15 bits per heavy atom. The number of rotatable bonds is 5. The van der Waals surface area contributed by atoms with Crippen LogP contribution in [0, 0.1) is 4.77 Å². The fourth-order valence-electron chi connectivity index (χ4n) is 3.11. The lowest BCUT2D eigenvalue weighted by atomic mass is 10.2. The molecule has 1 fully saturated rings. The molecule has 27 heavy (non-hydrogen) atoms. The average Bonchev–Trinajstić information content (AvgIpc) is 3.39. The maximum Gasteiger partial charge on any atom is 0.244 e. The number of nitrogens with zero attached hydrogens (tertiary/aromatic N) is 3. The monoisotopic (exact) mass is 399 g/mol. The number of para-hydroxylation sites is 2. The number of aromatic amines is 1. The lowest BCUT2D eigenvalue weighted by Gasteiger charge is -2.20. The molecule has 1 aliphatic rings. The van der Waals surface area contributed by atoms with Crippen molar-refractivity contribution < 1.29 is 9.59 Å². The summed E-state index contributed by atoms with van der Waals surface area (Å²) in [7, 11) is 0. The van der Waals surface area contributed by atoms with Crippen LogP contribution in [0.5, 0.6) is 0 Å². The first-order valence-corrected chi connectivity index (χ1v) is 9.80. The molecule has 0 saturated carbocycles. The third kappa shape index (κ3) is 3.56. The van der Waals surface area contributed by atoms with E-state index in [0.29, 0.717) is 29.2 Å². The summed E-state index contributed by atoms with van der Waals surface area (Å²) < 4.78 is 2.05. The van der Waals surface area contributed by atoms with Crippen LogP contribution >= 0.6 is 23.6 Å². The molecular formula is C18H17N5O2S2. The predicted octanol–water partition coefficient (Wildman–Crippen LogP) is 3.43. The number of carbonyl (C=O) groups is 2. The van der Waals surface area contributed by atoms with E-state index in [0.717, 1.165) is 17.0 Å². The summed E-state index contributed by atoms with van der Waals surface area (Å²) in [4.78, 5) is 27.4. The molecule has 2 N–H and O–H groups in total. The second kappa shape index (κ2) is 7.45. The molecule has 1 aliphatic heterocycles. The van der Waals surface area contributed by atoms with Gasteiger partial charge in [-0.15, -0.1) is 11.3 Å². The Kier molecular flexibility index (Phi) is 4.87. The minimum atomic E-state index is -0.232. The Morgan fingerprint density at radius 1 is 1.30 bits per heavy atom. The number of aromatic nitrogens is 3. The van der Waals surface area contributed by atoms with Crippen molar-refractivity contribution >= 4 is 46.7 Å². The number of amides is 2. The normalized spacial score (nSPS) is 13.9. The minimum Gasteiger partial charge on any atom is -0.323 e. The Balaban J connectivity index is 1.56. The predicted molar refractivity (Wildman–Crippen MR) is 107 cm³/mol. The van der Waals surface area contributed by atoms with Gasteiger partial charge in [-0.2, -0.15) is 5.10 Å². The van der Waals surface area contributed by atoms with Gasteiger partial charge in [-0.3, -0.25) is 19.3 Å². The maximum atomic E-state index is 12.7. The molecule has 0 unspecified atom stereocenters. The van der Waals surface area contributed by atoms with Gasteiger partial charge >= 0.3 is 0 Å². The molecule has 0 atom stereocenters. The van der Waals surface area contributed by atoms with Crippen LogP contribution in [0.15, 0.2) is 41.8 Å². The standard InChI is InChI=1S/C18H17N5O2S2/c24-15(11-23-17(20-21-18(23)26)14-7-4-10-27-14)19-12-5-1-2-6-13(12)22-9-3-8-16(22)25/h1-2,4-7,10H,3,8-9,11H2,(H,19,24)(H,21,26). The van der Waals surface area contributed by atoms with E-state index in [1.165, 1.54) is 11.3 Å². The second-order valence-corrected chi connectivity index (χ2v) is 7.46. The first kappa shape index (κ1) is 17.6. The summed E-state index contributed by atoms with van der Waals surface area (Å²) in [6.45, 7) is 0.700. The first-order chi connectivity index (χ1) is 13.1. The minimum absolute atomic E-state index is 0.0326. The lowest BCUT2D eigenvalue weighted by molar-refractivity contribution is -0.117. The molecule has 138 valence electrons. The van der Waals surface area contributed by atoms with Gasteiger partial charge in [-0.05, 0) is 42.2 Å². The molecule has 2 aromatic heterocycles. The summed E-state index contributed by atoms with van der Waals surface area (Å²) >= 11 is 6.80. The third-order valence-electron chi connectivity index (χ3n) is 4.34. The van der Waals surface area contributed by atoms with Crippen molar-refractivity contribution in [1.82, 2.24) is 14.8 Å². The zero-order valence-corrected chi connectivity index (χ0v) is 16.0. The van der Waals surface area contributed by atoms with Gasteiger partial charge in [0.2, 0.25) is 11.8 Å². The molecule has 0 aliphatic carbocycles. The number of nitrogens with one attached hydrogen (secondary N) is 2. The molecule has 9 heteroatoms. The molecular weight excluding hydrogens is 382 g/mol. The van der Waals surface area contributed by atoms with Crippen molar-refractivity contribution in [2.75, 3.05) is 16.8 Å². The van der Waals surface area contributed by atoms with Crippen LogP contribution in [-0.2, 0) is 16.1 Å². The van der Waals surface area contributed by atoms with Crippen LogP contribution in [0.3, 0.4) is 0 Å². The number of anilines is 2. The second-order valence-electron chi connectivity index (χ2n) is 6.13. The van der Waals surface area contributed by atoms with E-state index >= 15 is 0 Å². The van der Waals surface area contributed by atoms with Crippen LogP contribution in [0.1, 0.15) is 12.8 Å². The van der Waals surface area contributed by atoms with Gasteiger partial charge in [0.15, 0.2) is 10.6 Å². The van der Waals surface area contributed by atoms with E-state index in [-0.39, 0.29) is 18.4 Å². The van der Waals surface area contributed by atoms with Crippen LogP contribution < -0.4 is 10.2 Å². The van der Waals surface area contributed by atoms with Gasteiger partial charge in [0, 0.05) is 13.0 Å². The number of benzene rings is 1. The van der Waals surface area contributed by atoms with Gasteiger partial charge in [0.25, 0.3) is 0 Å². The van der Waals surface area contributed by atoms with Crippen molar-refractivity contribution in [2.45, 2.75) is 19.4 Å². The number of thiophene rings is 1. The molecule has 4 rings (SSSR count). The van der Waals surface area contributed by atoms with E-state index in [1.54, 1.807) is 15.5 Å². The first-order valence-electron chi connectivity index (χ1n) is 8.52. The van der Waals surface area contributed by atoms with Gasteiger partial charge in [-0.25, -0.2) is 0 Å². The number of hydrogen-bond acceptors (Lipinski definition) is 5. The SMILES string of the molecule is O=C(Cn1c(-c2cccs2)n[nH]c1=S)Nc1ccccc1N1CCCC1=O. The lowest BCUT2D eigenvalue weighted by Crippen LogP contribution is -2.26. The van der Waals surface area contributed by atoms with Gasteiger partial charge < -0.3 is 10.2 Å². The highest BCUT2D eigenvalue weighted by atomic mass is 32.1. The maximum absolute atomic E-state index is 12.7. The Hall–Kier alpha value is -2.78. The molecule has 3 heterocycles. The van der Waals surface area contributed by atoms with E-state index in [9.17, 15) is 9.59 Å². The molecule has 1 aromatic carbocycles. The van der Waals surface area contributed by atoms with Crippen molar-refractivity contribution in [2.24, 2.45) is 0 Å². The van der Waals surface area contributed by atoms with Crippen LogP contribution in [0.2, 0.25) is 0 Å². The Bertz CT molecular complexity index is 1040. The van der Waals surface area contributed by atoms with Crippen molar-refractivity contribution in [3.63, 3.8) is 0 Å². The number of carbonyl (C=O) groups excluding carboxylic acids is 2. The molecule has 0 spiro atoms. The van der Waals surface area contributed by atoms with Crippen LogP contribution in [0.4, 0.5) is 11.4 Å². The molecule has 2 amide bonds. The fourth-order valence-corrected chi connectivity index (χ4v) is 4.03. The summed E-state index contributed by atoms with van der Waals surface area (Å²) in [5, 5.41) is 11.8. The van der Waals surface area contributed by atoms with Gasteiger partial charge in [-0.1, -0.05) is 18.2 Å². The fraction of sp³-hybridized carbons (Fsp3) is 0.222. The topological polar surface area (TPSA) is 83.0 Å². The zero-order valence-electron chi connectivity index (χ0n) is 14.3. The largest absolute Gasteiger partial charge is 0.323 e. The Morgan fingerprint density at radius 3 is 2.89 bits per heavy atom. The Labute approximate surface area is 164 Å². The van der Waals surface area contributed by atoms with E-state index in [2.05, 4.69) is 15.5 Å². The highest BCUT2D eigenvalue weighted by molar-refractivity contribution is 7.71. The zero-order chi connectivity index (χ0) is 18.8. The number of hydrogen-bond donors (Lipinski definition) is 2. The molecule has 7 nitrogen and oxygen atoms in total. The number of H-pyrrole nitrogens is 1. The van der Waals surface area contributed by atoms with Crippen LogP contribution in [0.25, 0.3) is 10.7 Å². The highest BCUT2D eigenvalue weighted by Crippen LogP contribution is 2.29. The average molecular weight is 400 g/mol. The van der Waals surface area contributed by atoms with Gasteiger partial charge in [0.05, 0.1) is 16.3 Å². The van der Waals surface area contributed by atoms with Crippen LogP contribution in [-0.4, -0.2) is 33.1 Å². The molecule has 0 radical (unpaired) electrons. The summed E-state index contributed by atoms with van der Waals surface area (Å²) in [6, 6.07) is 11.2. The van der Waals surface area contributed by atoms with E-state index < -0.39 is 0 Å². The summed E-state index contributed by atoms with van der Waals surface area (Å²) in [5.41, 5.74) is 1.34.